The summed E-state index contributed by atoms with van der Waals surface area (Å²) in [5.74, 6) is -0.0116. The topological polar surface area (TPSA) is 104 Å². The fraction of sp³-hybridized carbons (Fsp3) is 0.435. The van der Waals surface area contributed by atoms with Crippen molar-refractivity contribution in [1.29, 1.82) is 0 Å². The third-order valence-corrected chi connectivity index (χ3v) is 5.49. The van der Waals surface area contributed by atoms with E-state index in [2.05, 4.69) is 43.6 Å². The van der Waals surface area contributed by atoms with Crippen LogP contribution in [0.5, 0.6) is 0 Å². The molecule has 8 heteroatoms. The number of hydrogen-bond acceptors (Lipinski definition) is 5. The van der Waals surface area contributed by atoms with Crippen molar-refractivity contribution in [2.75, 3.05) is 49.5 Å². The van der Waals surface area contributed by atoms with Gasteiger partial charge in [0.1, 0.15) is 0 Å². The van der Waals surface area contributed by atoms with E-state index >= 15 is 0 Å². The predicted octanol–water partition coefficient (Wildman–Crippen LogP) is 2.22. The fourth-order valence-electron chi connectivity index (χ4n) is 3.74. The van der Waals surface area contributed by atoms with Crippen LogP contribution in [0.1, 0.15) is 24.8 Å². The third-order valence-electron chi connectivity index (χ3n) is 5.49. The first-order valence-corrected chi connectivity index (χ1v) is 10.9. The minimum Gasteiger partial charge on any atom is -0.367 e. The van der Waals surface area contributed by atoms with Gasteiger partial charge in [0.25, 0.3) is 0 Å². The molecule has 1 aromatic heterocycles. The number of carbonyl (C=O) groups excluding carboxylic acids is 2. The van der Waals surface area contributed by atoms with Gasteiger partial charge in [-0.25, -0.2) is 4.79 Å². The van der Waals surface area contributed by atoms with E-state index in [0.717, 1.165) is 56.9 Å². The monoisotopic (exact) mass is 424 g/mol. The van der Waals surface area contributed by atoms with Crippen molar-refractivity contribution < 1.29 is 9.59 Å². The molecule has 31 heavy (non-hydrogen) atoms. The summed E-state index contributed by atoms with van der Waals surface area (Å²) in [6, 6.07) is 11.6. The molecule has 0 unspecified atom stereocenters. The predicted molar refractivity (Wildman–Crippen MR) is 123 cm³/mol. The van der Waals surface area contributed by atoms with Crippen molar-refractivity contribution in [3.63, 3.8) is 0 Å². The van der Waals surface area contributed by atoms with E-state index in [1.807, 2.05) is 30.6 Å². The lowest BCUT2D eigenvalue weighted by atomic mass is 10.1. The van der Waals surface area contributed by atoms with Crippen LogP contribution < -0.4 is 21.3 Å². The zero-order valence-corrected chi connectivity index (χ0v) is 17.9. The lowest BCUT2D eigenvalue weighted by molar-refractivity contribution is -0.116. The molecule has 0 radical (unpaired) electrons. The molecule has 4 N–H and O–H groups in total. The van der Waals surface area contributed by atoms with Crippen LogP contribution in [0.3, 0.4) is 0 Å². The Hall–Kier alpha value is -3.13. The quantitative estimate of drug-likeness (QED) is 0.508. The Balaban J connectivity index is 1.44. The molecule has 3 amide bonds. The molecule has 1 aliphatic rings. The molecule has 1 fully saturated rings. The van der Waals surface area contributed by atoms with E-state index in [-0.39, 0.29) is 5.91 Å². The molecule has 0 saturated carbocycles. The highest BCUT2D eigenvalue weighted by atomic mass is 16.2. The Labute approximate surface area is 183 Å². The van der Waals surface area contributed by atoms with Crippen LogP contribution in [0.4, 0.5) is 16.2 Å². The molecule has 1 aliphatic heterocycles. The number of hydrogen-bond donors (Lipinski definition) is 3. The summed E-state index contributed by atoms with van der Waals surface area (Å²) in [7, 11) is 0. The number of benzene rings is 1. The summed E-state index contributed by atoms with van der Waals surface area (Å²) >= 11 is 0. The smallest absolute Gasteiger partial charge is 0.312 e. The number of amides is 3. The largest absolute Gasteiger partial charge is 0.367 e. The van der Waals surface area contributed by atoms with E-state index in [0.29, 0.717) is 19.4 Å². The Morgan fingerprint density at radius 3 is 2.48 bits per heavy atom. The summed E-state index contributed by atoms with van der Waals surface area (Å²) in [6.07, 6.45) is 6.55. The van der Waals surface area contributed by atoms with Gasteiger partial charge in [0.05, 0.1) is 11.4 Å². The molecule has 0 atom stereocenters. The van der Waals surface area contributed by atoms with Gasteiger partial charge < -0.3 is 21.3 Å². The van der Waals surface area contributed by atoms with Crippen molar-refractivity contribution in [1.82, 2.24) is 15.2 Å². The highest BCUT2D eigenvalue weighted by Crippen LogP contribution is 2.27. The van der Waals surface area contributed by atoms with Crippen molar-refractivity contribution in [3.05, 3.63) is 54.4 Å². The number of nitrogens with zero attached hydrogens (tertiary/aromatic N) is 3. The van der Waals surface area contributed by atoms with Crippen LogP contribution in [0.2, 0.25) is 0 Å². The summed E-state index contributed by atoms with van der Waals surface area (Å²) in [5, 5.41) is 5.59. The van der Waals surface area contributed by atoms with Crippen molar-refractivity contribution in [2.45, 2.75) is 25.7 Å². The zero-order valence-electron chi connectivity index (χ0n) is 17.9. The number of para-hydroxylation sites is 2. The van der Waals surface area contributed by atoms with Crippen LogP contribution in [0.15, 0.2) is 48.8 Å². The standard InChI is InChI=1S/C23H32N6O2/c24-23(31)26-11-4-3-7-22(30)27-20-5-1-2-6-21(20)29-17-15-28(16-18-29)14-10-19-8-12-25-13-9-19/h1-2,5-6,8-9,12-13H,3-4,7,10-11,14-18H2,(H,27,30)(H3,24,26,31). The number of carbonyl (C=O) groups is 2. The first-order valence-electron chi connectivity index (χ1n) is 10.9. The van der Waals surface area contributed by atoms with Crippen LogP contribution in [-0.2, 0) is 11.2 Å². The third kappa shape index (κ3) is 7.57. The van der Waals surface area contributed by atoms with Crippen LogP contribution in [0.25, 0.3) is 0 Å². The highest BCUT2D eigenvalue weighted by Gasteiger charge is 2.19. The molecule has 1 saturated heterocycles. The van der Waals surface area contributed by atoms with Gasteiger partial charge in [0.15, 0.2) is 0 Å². The van der Waals surface area contributed by atoms with Crippen molar-refractivity contribution >= 4 is 23.3 Å². The van der Waals surface area contributed by atoms with Gasteiger partial charge >= 0.3 is 6.03 Å². The number of primary amides is 1. The molecule has 0 bridgehead atoms. The molecular weight excluding hydrogens is 392 g/mol. The number of anilines is 2. The molecule has 1 aromatic carbocycles. The first-order chi connectivity index (χ1) is 15.1. The van der Waals surface area contributed by atoms with Gasteiger partial charge in [-0.1, -0.05) is 12.1 Å². The molecule has 2 heterocycles. The number of nitrogens with one attached hydrogen (secondary N) is 2. The number of urea groups is 1. The van der Waals surface area contributed by atoms with Crippen LogP contribution in [0, 0.1) is 0 Å². The maximum absolute atomic E-state index is 12.4. The highest BCUT2D eigenvalue weighted by molar-refractivity contribution is 5.94. The molecule has 8 nitrogen and oxygen atoms in total. The lowest BCUT2D eigenvalue weighted by Gasteiger charge is -2.37. The maximum atomic E-state index is 12.4. The fourth-order valence-corrected chi connectivity index (χ4v) is 3.74. The van der Waals surface area contributed by atoms with Gasteiger partial charge in [-0.15, -0.1) is 0 Å². The first kappa shape index (κ1) is 22.6. The second-order valence-corrected chi connectivity index (χ2v) is 7.75. The van der Waals surface area contributed by atoms with Gasteiger partial charge in [-0.05, 0) is 49.1 Å². The van der Waals surface area contributed by atoms with E-state index in [9.17, 15) is 9.59 Å². The Morgan fingerprint density at radius 1 is 1.00 bits per heavy atom. The minimum atomic E-state index is -0.532. The molecule has 0 aliphatic carbocycles. The van der Waals surface area contributed by atoms with Gasteiger partial charge in [0.2, 0.25) is 5.91 Å². The van der Waals surface area contributed by atoms with Gasteiger partial charge in [0, 0.05) is 58.1 Å². The van der Waals surface area contributed by atoms with E-state index in [1.165, 1.54) is 5.56 Å². The number of rotatable bonds is 10. The zero-order chi connectivity index (χ0) is 21.9. The normalized spacial score (nSPS) is 14.3. The number of unbranched alkanes of at least 4 members (excludes halogenated alkanes) is 1. The van der Waals surface area contributed by atoms with Crippen LogP contribution in [-0.4, -0.2) is 61.1 Å². The van der Waals surface area contributed by atoms with E-state index in [4.69, 9.17) is 5.73 Å². The Morgan fingerprint density at radius 2 is 1.74 bits per heavy atom. The molecule has 166 valence electrons. The maximum Gasteiger partial charge on any atom is 0.312 e. The summed E-state index contributed by atoms with van der Waals surface area (Å²) in [5.41, 5.74) is 8.28. The summed E-state index contributed by atoms with van der Waals surface area (Å²) in [4.78, 5) is 31.9. The Kier molecular flexibility index (Phi) is 8.66. The second-order valence-electron chi connectivity index (χ2n) is 7.75. The summed E-state index contributed by atoms with van der Waals surface area (Å²) < 4.78 is 0. The van der Waals surface area contributed by atoms with Crippen LogP contribution >= 0.6 is 0 Å². The molecule has 3 rings (SSSR count). The van der Waals surface area contributed by atoms with Gasteiger partial charge in [-0.3, -0.25) is 14.7 Å². The number of piperazine rings is 1. The number of aromatic nitrogens is 1. The average Bonchev–Trinajstić information content (AvgIpc) is 2.79. The molecular formula is C23H32N6O2. The molecule has 0 spiro atoms. The number of nitrogens with two attached hydrogens (primary N) is 1. The van der Waals surface area contributed by atoms with E-state index in [1.54, 1.807) is 0 Å². The van der Waals surface area contributed by atoms with Gasteiger partial charge in [-0.2, -0.15) is 0 Å². The minimum absolute atomic E-state index is 0.0116. The number of pyridine rings is 1. The lowest BCUT2D eigenvalue weighted by Crippen LogP contribution is -2.47. The van der Waals surface area contributed by atoms with E-state index < -0.39 is 6.03 Å². The van der Waals surface area contributed by atoms with Crippen molar-refractivity contribution in [2.24, 2.45) is 5.73 Å². The summed E-state index contributed by atoms with van der Waals surface area (Å²) in [6.45, 7) is 5.40. The SMILES string of the molecule is NC(=O)NCCCCC(=O)Nc1ccccc1N1CCN(CCc2ccncc2)CC1. The molecule has 2 aromatic rings. The second kappa shape index (κ2) is 11.9. The average molecular weight is 425 g/mol. The Bertz CT molecular complexity index is 837. The van der Waals surface area contributed by atoms with Crippen molar-refractivity contribution in [3.8, 4) is 0 Å².